The summed E-state index contributed by atoms with van der Waals surface area (Å²) in [5, 5.41) is 9.55. The van der Waals surface area contributed by atoms with Crippen molar-refractivity contribution in [3.05, 3.63) is 48.0 Å². The topological polar surface area (TPSA) is 46.5 Å². The number of carbonyl (C=O) groups is 1. The molecule has 0 saturated heterocycles. The molecule has 0 heterocycles. The Labute approximate surface area is 89.0 Å². The standard InChI is InChI=1S/C12H14O3/c1-15-12(14)8-7-11(13)9-10-5-3-2-4-6-10/h2-8,11,13H,9H2,1H3. The minimum absolute atomic E-state index is 0.456. The number of hydrogen-bond donors (Lipinski definition) is 1. The lowest BCUT2D eigenvalue weighted by molar-refractivity contribution is -0.134. The maximum absolute atomic E-state index is 10.7. The molecule has 0 spiro atoms. The number of ether oxygens (including phenoxy) is 1. The van der Waals surface area contributed by atoms with E-state index in [1.807, 2.05) is 30.3 Å². The van der Waals surface area contributed by atoms with Gasteiger partial charge in [-0.15, -0.1) is 0 Å². The van der Waals surface area contributed by atoms with Crippen molar-refractivity contribution in [3.63, 3.8) is 0 Å². The summed E-state index contributed by atoms with van der Waals surface area (Å²) < 4.78 is 4.41. The molecule has 1 rings (SSSR count). The fraction of sp³-hybridized carbons (Fsp3) is 0.250. The maximum Gasteiger partial charge on any atom is 0.330 e. The minimum atomic E-state index is -0.661. The van der Waals surface area contributed by atoms with Crippen LogP contribution in [-0.4, -0.2) is 24.3 Å². The molecule has 15 heavy (non-hydrogen) atoms. The molecule has 0 saturated carbocycles. The van der Waals surface area contributed by atoms with E-state index in [2.05, 4.69) is 4.74 Å². The second kappa shape index (κ2) is 5.98. The van der Waals surface area contributed by atoms with Gasteiger partial charge in [-0.25, -0.2) is 4.79 Å². The minimum Gasteiger partial charge on any atom is -0.466 e. The molecule has 0 amide bonds. The summed E-state index contributed by atoms with van der Waals surface area (Å²) in [6.07, 6.45) is 2.49. The number of aliphatic hydroxyl groups is 1. The van der Waals surface area contributed by atoms with E-state index in [4.69, 9.17) is 0 Å². The molecule has 0 aromatic heterocycles. The summed E-state index contributed by atoms with van der Waals surface area (Å²) in [5.74, 6) is -0.456. The van der Waals surface area contributed by atoms with Gasteiger partial charge >= 0.3 is 5.97 Å². The summed E-state index contributed by atoms with van der Waals surface area (Å²) in [6, 6.07) is 9.59. The molecule has 0 bridgehead atoms. The van der Waals surface area contributed by atoms with Gasteiger partial charge in [0, 0.05) is 12.5 Å². The van der Waals surface area contributed by atoms with Crippen molar-refractivity contribution in [2.45, 2.75) is 12.5 Å². The van der Waals surface area contributed by atoms with Crippen LogP contribution in [0.4, 0.5) is 0 Å². The van der Waals surface area contributed by atoms with Crippen molar-refractivity contribution in [1.29, 1.82) is 0 Å². The Balaban J connectivity index is 2.46. The Morgan fingerprint density at radius 3 is 2.73 bits per heavy atom. The Hall–Kier alpha value is -1.61. The highest BCUT2D eigenvalue weighted by molar-refractivity contribution is 5.81. The van der Waals surface area contributed by atoms with Gasteiger partial charge in [-0.05, 0) is 11.6 Å². The van der Waals surface area contributed by atoms with Gasteiger partial charge in [0.2, 0.25) is 0 Å². The van der Waals surface area contributed by atoms with E-state index in [0.29, 0.717) is 6.42 Å². The van der Waals surface area contributed by atoms with E-state index in [9.17, 15) is 9.90 Å². The van der Waals surface area contributed by atoms with Crippen molar-refractivity contribution in [1.82, 2.24) is 0 Å². The summed E-state index contributed by atoms with van der Waals surface area (Å²) in [5.41, 5.74) is 1.03. The van der Waals surface area contributed by atoms with Crippen molar-refractivity contribution in [2.24, 2.45) is 0 Å². The van der Waals surface area contributed by atoms with E-state index in [1.165, 1.54) is 19.3 Å². The predicted molar refractivity (Wildman–Crippen MR) is 57.3 cm³/mol. The van der Waals surface area contributed by atoms with Gasteiger partial charge < -0.3 is 9.84 Å². The van der Waals surface area contributed by atoms with Crippen molar-refractivity contribution in [2.75, 3.05) is 7.11 Å². The molecule has 3 heteroatoms. The molecule has 1 N–H and O–H groups in total. The first-order valence-electron chi connectivity index (χ1n) is 4.70. The van der Waals surface area contributed by atoms with E-state index < -0.39 is 12.1 Å². The third kappa shape index (κ3) is 4.42. The average Bonchev–Trinajstić information content (AvgIpc) is 2.27. The Morgan fingerprint density at radius 2 is 2.13 bits per heavy atom. The van der Waals surface area contributed by atoms with Gasteiger partial charge in [-0.2, -0.15) is 0 Å². The van der Waals surface area contributed by atoms with E-state index in [0.717, 1.165) is 5.56 Å². The molecule has 0 fully saturated rings. The third-order valence-electron chi connectivity index (χ3n) is 1.94. The van der Waals surface area contributed by atoms with Gasteiger partial charge in [-0.3, -0.25) is 0 Å². The molecule has 0 aliphatic heterocycles. The van der Waals surface area contributed by atoms with Gasteiger partial charge in [0.25, 0.3) is 0 Å². The zero-order chi connectivity index (χ0) is 11.1. The summed E-state index contributed by atoms with van der Waals surface area (Å²) in [7, 11) is 1.30. The molecule has 1 unspecified atom stereocenters. The fourth-order valence-corrected chi connectivity index (χ4v) is 1.18. The molecule has 80 valence electrons. The van der Waals surface area contributed by atoms with Crippen LogP contribution in [0, 0.1) is 0 Å². The lowest BCUT2D eigenvalue weighted by Gasteiger charge is -2.04. The van der Waals surface area contributed by atoms with Crippen LogP contribution in [0.15, 0.2) is 42.5 Å². The zero-order valence-corrected chi connectivity index (χ0v) is 8.59. The second-order valence-corrected chi connectivity index (χ2v) is 3.14. The normalized spacial score (nSPS) is 12.7. The molecule has 3 nitrogen and oxygen atoms in total. The fourth-order valence-electron chi connectivity index (χ4n) is 1.18. The highest BCUT2D eigenvalue weighted by atomic mass is 16.5. The Kier molecular flexibility index (Phi) is 4.57. The first-order chi connectivity index (χ1) is 7.22. The third-order valence-corrected chi connectivity index (χ3v) is 1.94. The monoisotopic (exact) mass is 206 g/mol. The first-order valence-corrected chi connectivity index (χ1v) is 4.70. The number of hydrogen-bond acceptors (Lipinski definition) is 3. The van der Waals surface area contributed by atoms with Crippen LogP contribution in [0.2, 0.25) is 0 Å². The highest BCUT2D eigenvalue weighted by Crippen LogP contribution is 2.03. The Morgan fingerprint density at radius 1 is 1.47 bits per heavy atom. The molecule has 1 atom stereocenters. The second-order valence-electron chi connectivity index (χ2n) is 3.14. The van der Waals surface area contributed by atoms with Crippen LogP contribution in [0.25, 0.3) is 0 Å². The zero-order valence-electron chi connectivity index (χ0n) is 8.59. The molecular formula is C12H14O3. The number of esters is 1. The van der Waals surface area contributed by atoms with Gasteiger partial charge in [0.1, 0.15) is 0 Å². The molecular weight excluding hydrogens is 192 g/mol. The molecule has 0 aliphatic carbocycles. The number of methoxy groups -OCH3 is 1. The van der Waals surface area contributed by atoms with Gasteiger partial charge in [0.05, 0.1) is 13.2 Å². The SMILES string of the molecule is COC(=O)C=CC(O)Cc1ccccc1. The number of rotatable bonds is 4. The predicted octanol–water partition coefficient (Wildman–Crippen LogP) is 1.32. The average molecular weight is 206 g/mol. The van der Waals surface area contributed by atoms with Crippen LogP contribution < -0.4 is 0 Å². The number of carbonyl (C=O) groups excluding carboxylic acids is 1. The molecule has 1 aromatic rings. The van der Waals surface area contributed by atoms with Crippen LogP contribution in [0.5, 0.6) is 0 Å². The van der Waals surface area contributed by atoms with Crippen LogP contribution in [0.1, 0.15) is 5.56 Å². The summed E-state index contributed by atoms with van der Waals surface area (Å²) >= 11 is 0. The Bertz CT molecular complexity index is 330. The lowest BCUT2D eigenvalue weighted by atomic mass is 10.1. The molecule has 0 aliphatic rings. The van der Waals surface area contributed by atoms with Crippen molar-refractivity contribution < 1.29 is 14.6 Å². The first kappa shape index (κ1) is 11.5. The highest BCUT2D eigenvalue weighted by Gasteiger charge is 2.01. The summed E-state index contributed by atoms with van der Waals surface area (Å²) in [4.78, 5) is 10.7. The largest absolute Gasteiger partial charge is 0.466 e. The van der Waals surface area contributed by atoms with Crippen LogP contribution in [-0.2, 0) is 16.0 Å². The van der Waals surface area contributed by atoms with Gasteiger partial charge in [-0.1, -0.05) is 30.3 Å². The van der Waals surface area contributed by atoms with Crippen LogP contribution >= 0.6 is 0 Å². The number of aliphatic hydroxyl groups excluding tert-OH is 1. The van der Waals surface area contributed by atoms with E-state index in [-0.39, 0.29) is 0 Å². The number of benzene rings is 1. The smallest absolute Gasteiger partial charge is 0.330 e. The van der Waals surface area contributed by atoms with E-state index >= 15 is 0 Å². The maximum atomic E-state index is 10.7. The summed E-state index contributed by atoms with van der Waals surface area (Å²) in [6.45, 7) is 0. The van der Waals surface area contributed by atoms with E-state index in [1.54, 1.807) is 0 Å². The quantitative estimate of drug-likeness (QED) is 0.597. The van der Waals surface area contributed by atoms with Crippen molar-refractivity contribution in [3.8, 4) is 0 Å². The molecule has 1 aromatic carbocycles. The van der Waals surface area contributed by atoms with Gasteiger partial charge in [0.15, 0.2) is 0 Å². The van der Waals surface area contributed by atoms with Crippen LogP contribution in [0.3, 0.4) is 0 Å². The lowest BCUT2D eigenvalue weighted by Crippen LogP contribution is -2.07. The molecule has 0 radical (unpaired) electrons. The van der Waals surface area contributed by atoms with Crippen molar-refractivity contribution >= 4 is 5.97 Å².